The van der Waals surface area contributed by atoms with E-state index in [4.69, 9.17) is 5.26 Å². The molecule has 0 unspecified atom stereocenters. The molecule has 6 heterocycles. The van der Waals surface area contributed by atoms with Crippen LogP contribution in [0.2, 0.25) is 0 Å². The molecular formula is C52H63N11O9S3. The fourth-order valence-corrected chi connectivity index (χ4v) is 12.4. The number of nitrogens with one attached hydrogen (secondary N) is 2. The van der Waals surface area contributed by atoms with Crippen LogP contribution in [0.4, 0.5) is 16.5 Å². The number of aryl methyl sites for hydroxylation is 1. The summed E-state index contributed by atoms with van der Waals surface area (Å²) in [4.78, 5) is 49.3. The number of nitriles is 1. The minimum Gasteiger partial charge on any atom is -0.744 e. The number of carbonyl (C=O) groups excluding carboxylic acids is 3. The highest BCUT2D eigenvalue weighted by Crippen LogP contribution is 2.48. The fraction of sp³-hybridized carbons (Fsp3) is 0.462. The molecule has 4 aliphatic heterocycles. The Morgan fingerprint density at radius 3 is 2.49 bits per heavy atom. The first-order valence-electron chi connectivity index (χ1n) is 25.2. The summed E-state index contributed by atoms with van der Waals surface area (Å²) >= 11 is 1.37. The van der Waals surface area contributed by atoms with Crippen molar-refractivity contribution < 1.29 is 44.9 Å². The zero-order chi connectivity index (χ0) is 53.9. The third-order valence-corrected chi connectivity index (χ3v) is 17.2. The van der Waals surface area contributed by atoms with E-state index in [1.165, 1.54) is 40.3 Å². The van der Waals surface area contributed by atoms with E-state index < -0.39 is 31.1 Å². The average Bonchev–Trinajstić information content (AvgIpc) is 4.19. The number of thiazole rings is 1. The maximum Gasteiger partial charge on any atom is 0.294 e. The average molecular weight is 1080 g/mol. The van der Waals surface area contributed by atoms with Crippen LogP contribution >= 0.6 is 11.3 Å². The van der Waals surface area contributed by atoms with Gasteiger partial charge in [0.05, 0.1) is 39.1 Å². The van der Waals surface area contributed by atoms with Crippen molar-refractivity contribution >= 4 is 71.5 Å². The third-order valence-electron chi connectivity index (χ3n) is 14.5. The second kappa shape index (κ2) is 22.3. The molecule has 3 N–H and O–H groups in total. The van der Waals surface area contributed by atoms with Crippen LogP contribution in [-0.4, -0.2) is 123 Å². The summed E-state index contributed by atoms with van der Waals surface area (Å²) < 4.78 is 73.5. The van der Waals surface area contributed by atoms with Crippen LogP contribution in [0.1, 0.15) is 101 Å². The lowest BCUT2D eigenvalue weighted by atomic mass is 9.81. The number of unbranched alkanes of at least 4 members (excludes halogenated alkanes) is 2. The van der Waals surface area contributed by atoms with Gasteiger partial charge in [-0.15, -0.1) is 5.10 Å². The van der Waals surface area contributed by atoms with Crippen molar-refractivity contribution in [2.45, 2.75) is 120 Å². The van der Waals surface area contributed by atoms with Crippen LogP contribution in [0.3, 0.4) is 0 Å². The van der Waals surface area contributed by atoms with Crippen LogP contribution in [0, 0.1) is 17.4 Å². The van der Waals surface area contributed by atoms with Crippen molar-refractivity contribution in [1.82, 2.24) is 35.1 Å². The van der Waals surface area contributed by atoms with Crippen molar-refractivity contribution in [3.05, 3.63) is 106 Å². The van der Waals surface area contributed by atoms with Crippen molar-refractivity contribution in [1.29, 1.82) is 5.26 Å². The molecule has 23 heteroatoms. The molecule has 2 aromatic heterocycles. The second-order valence-electron chi connectivity index (χ2n) is 20.3. The summed E-state index contributed by atoms with van der Waals surface area (Å²) in [5.41, 5.74) is 5.42. The van der Waals surface area contributed by atoms with Gasteiger partial charge in [0, 0.05) is 97.6 Å². The number of fused-ring (bicyclic) bond motifs is 3. The number of likely N-dealkylation sites (N-methyl/N-ethyl adjacent to an activating group) is 1. The number of likely N-dealkylation sites (tertiary alicyclic amines) is 1. The monoisotopic (exact) mass is 1080 g/mol. The quantitative estimate of drug-likeness (QED) is 0.0315. The van der Waals surface area contributed by atoms with E-state index in [1.54, 1.807) is 28.1 Å². The maximum atomic E-state index is 13.3. The van der Waals surface area contributed by atoms with E-state index in [2.05, 4.69) is 41.6 Å². The predicted octanol–water partition coefficient (Wildman–Crippen LogP) is 5.71. The standard InChI is InChI=1S/C52H63N11O9S3/c1-6-62-42-20-18-37(74(67,68)69)28-39(42)51(2,3)45(62)15-9-7-10-16-46-52(4,5)40-29-38(75(70,71)72)19-21-43(40)63(46)25-12-8-11-17-47(64)54-24-13-14-36-31-61(58-57-36)33-48(65)60-27-23-41-44(32-60)73-50(55-41)56-49(66)35-22-26-59(30-35)34-53/h7,9-10,15-16,18-21,28-29,31,35H,6,8,11-14,17,22-27,30,32-33H2,1-5H3,(H3-,54,55,56,64,66,67,68,69,70,71,72)/t35-/m1/s1. The van der Waals surface area contributed by atoms with Crippen LogP contribution < -0.4 is 15.5 Å². The van der Waals surface area contributed by atoms with Gasteiger partial charge in [-0.05, 0) is 94.8 Å². The molecule has 20 nitrogen and oxygen atoms in total. The molecule has 4 aliphatic rings. The lowest BCUT2D eigenvalue weighted by Gasteiger charge is -2.25. The first-order chi connectivity index (χ1) is 35.6. The molecule has 8 rings (SSSR count). The summed E-state index contributed by atoms with van der Waals surface area (Å²) in [6.07, 6.45) is 18.4. The fourth-order valence-electron chi connectivity index (χ4n) is 10.4. The van der Waals surface area contributed by atoms with Gasteiger partial charge < -0.3 is 29.9 Å². The molecule has 1 saturated heterocycles. The van der Waals surface area contributed by atoms with E-state index >= 15 is 0 Å². The van der Waals surface area contributed by atoms with Gasteiger partial charge in [0.1, 0.15) is 23.2 Å². The summed E-state index contributed by atoms with van der Waals surface area (Å²) in [7, 11) is -9.07. The molecule has 0 radical (unpaired) electrons. The van der Waals surface area contributed by atoms with Gasteiger partial charge in [0.2, 0.25) is 23.4 Å². The number of benzene rings is 2. The topological polar surface area (TPSA) is 267 Å². The largest absolute Gasteiger partial charge is 0.744 e. The number of nitrogens with zero attached hydrogens (tertiary/aromatic N) is 9. The van der Waals surface area contributed by atoms with Gasteiger partial charge in [-0.3, -0.25) is 18.9 Å². The number of amides is 3. The highest BCUT2D eigenvalue weighted by atomic mass is 32.2. The van der Waals surface area contributed by atoms with E-state index in [0.29, 0.717) is 95.2 Å². The number of carbonyl (C=O) groups is 3. The SMILES string of the molecule is CCN1C(=CC=CC=CC2=[N+](CCCCCC(=O)NCCCc3cn(CC(=O)N4CCc5nc(NC(=O)[C@@H]6CCN(C#N)C6)sc5C4)nn3)c3ccc(S(=O)(=O)O)cc3C2(C)C)C(C)(C)c2cc(S(=O)(=O)[O-])ccc21. The molecule has 1 atom stereocenters. The second-order valence-corrected chi connectivity index (χ2v) is 24.1. The van der Waals surface area contributed by atoms with E-state index in [0.717, 1.165) is 57.3 Å². The van der Waals surface area contributed by atoms with Gasteiger partial charge in [-0.1, -0.05) is 48.6 Å². The molecule has 0 saturated carbocycles. The Morgan fingerprint density at radius 2 is 1.76 bits per heavy atom. The van der Waals surface area contributed by atoms with Crippen LogP contribution in [0.15, 0.2) is 88.5 Å². The van der Waals surface area contributed by atoms with Gasteiger partial charge >= 0.3 is 0 Å². The molecule has 398 valence electrons. The number of hydrogen-bond donors (Lipinski definition) is 3. The maximum absolute atomic E-state index is 13.3. The predicted molar refractivity (Wildman–Crippen MR) is 281 cm³/mol. The zero-order valence-electron chi connectivity index (χ0n) is 42.8. The van der Waals surface area contributed by atoms with Gasteiger partial charge in [-0.25, -0.2) is 18.1 Å². The molecule has 0 spiro atoms. The van der Waals surface area contributed by atoms with Crippen LogP contribution in [-0.2, 0) is 71.4 Å². The van der Waals surface area contributed by atoms with E-state index in [9.17, 15) is 40.3 Å². The molecule has 75 heavy (non-hydrogen) atoms. The lowest BCUT2D eigenvalue weighted by Crippen LogP contribution is -2.37. The molecule has 1 fully saturated rings. The molecule has 2 aromatic carbocycles. The van der Waals surface area contributed by atoms with Crippen molar-refractivity contribution in [3.8, 4) is 6.19 Å². The van der Waals surface area contributed by atoms with Gasteiger partial charge in [0.25, 0.3) is 10.1 Å². The Hall–Kier alpha value is -6.58. The molecule has 4 aromatic rings. The van der Waals surface area contributed by atoms with Crippen molar-refractivity contribution in [2.75, 3.05) is 49.5 Å². The first kappa shape index (κ1) is 54.7. The Balaban J connectivity index is 0.796. The smallest absolute Gasteiger partial charge is 0.294 e. The first-order valence-corrected chi connectivity index (χ1v) is 28.8. The van der Waals surface area contributed by atoms with Crippen LogP contribution in [0.25, 0.3) is 0 Å². The third kappa shape index (κ3) is 12.3. The molecular weight excluding hydrogens is 1020 g/mol. The number of anilines is 2. The van der Waals surface area contributed by atoms with E-state index in [1.807, 2.05) is 65.0 Å². The minimum absolute atomic E-state index is 0.0306. The normalized spacial score (nSPS) is 18.5. The molecule has 0 aliphatic carbocycles. The highest BCUT2D eigenvalue weighted by molar-refractivity contribution is 7.86. The van der Waals surface area contributed by atoms with E-state index in [-0.39, 0.29) is 40.0 Å². The Morgan fingerprint density at radius 1 is 0.987 bits per heavy atom. The highest BCUT2D eigenvalue weighted by Gasteiger charge is 2.45. The minimum atomic E-state index is -4.62. The van der Waals surface area contributed by atoms with Crippen molar-refractivity contribution in [2.24, 2.45) is 5.92 Å². The van der Waals surface area contributed by atoms with Crippen molar-refractivity contribution in [3.63, 3.8) is 0 Å². The summed E-state index contributed by atoms with van der Waals surface area (Å²) in [6.45, 7) is 13.6. The number of hydrogen-bond acceptors (Lipinski definition) is 15. The number of allylic oxidation sites excluding steroid dienone is 6. The molecule has 0 bridgehead atoms. The number of aromatic nitrogens is 4. The summed E-state index contributed by atoms with van der Waals surface area (Å²) in [6, 6.07) is 9.13. The molecule has 3 amide bonds. The van der Waals surface area contributed by atoms with Gasteiger partial charge in [-0.2, -0.15) is 18.3 Å². The zero-order valence-corrected chi connectivity index (χ0v) is 45.2. The Bertz CT molecular complexity index is 3280. The van der Waals surface area contributed by atoms with Gasteiger partial charge in [0.15, 0.2) is 17.0 Å². The number of rotatable bonds is 20. The van der Waals surface area contributed by atoms with Crippen LogP contribution in [0.5, 0.6) is 0 Å². The Labute approximate surface area is 442 Å². The Kier molecular flexibility index (Phi) is 16.3. The summed E-state index contributed by atoms with van der Waals surface area (Å²) in [5.74, 6) is -0.566. The summed E-state index contributed by atoms with van der Waals surface area (Å²) in [5, 5.41) is 23.9. The lowest BCUT2D eigenvalue weighted by molar-refractivity contribution is -0.438.